The minimum atomic E-state index is -0.315. The number of nitrogens with one attached hydrogen (secondary N) is 2. The zero-order chi connectivity index (χ0) is 16.1. The Morgan fingerprint density at radius 3 is 2.45 bits per heavy atom. The molecule has 0 saturated heterocycles. The van der Waals surface area contributed by atoms with E-state index >= 15 is 0 Å². The summed E-state index contributed by atoms with van der Waals surface area (Å²) in [5.41, 5.74) is 4.12. The van der Waals surface area contributed by atoms with E-state index in [9.17, 15) is 9.59 Å². The van der Waals surface area contributed by atoms with Crippen LogP contribution in [0.15, 0.2) is 42.5 Å². The van der Waals surface area contributed by atoms with Gasteiger partial charge in [-0.2, -0.15) is 0 Å². The van der Waals surface area contributed by atoms with E-state index in [2.05, 4.69) is 10.6 Å². The molecule has 0 atom stereocenters. The normalized spacial score (nSPS) is 10.1. The summed E-state index contributed by atoms with van der Waals surface area (Å²) >= 11 is 0. The van der Waals surface area contributed by atoms with Gasteiger partial charge in [-0.1, -0.05) is 37.3 Å². The Kier molecular flexibility index (Phi) is 4.94. The molecule has 0 spiro atoms. The number of anilines is 2. The number of ketones is 1. The summed E-state index contributed by atoms with van der Waals surface area (Å²) in [6, 6.07) is 12.5. The van der Waals surface area contributed by atoms with Crippen LogP contribution >= 0.6 is 0 Å². The Hall–Kier alpha value is -2.62. The van der Waals surface area contributed by atoms with Gasteiger partial charge < -0.3 is 10.6 Å². The van der Waals surface area contributed by atoms with Crippen LogP contribution < -0.4 is 10.6 Å². The zero-order valence-electron chi connectivity index (χ0n) is 13.1. The van der Waals surface area contributed by atoms with Crippen LogP contribution in [0.5, 0.6) is 0 Å². The molecule has 0 aromatic heterocycles. The second-order valence-electron chi connectivity index (χ2n) is 5.18. The van der Waals surface area contributed by atoms with Gasteiger partial charge >= 0.3 is 6.03 Å². The molecule has 114 valence electrons. The number of urea groups is 1. The van der Waals surface area contributed by atoms with Crippen LogP contribution in [0.2, 0.25) is 0 Å². The first kappa shape index (κ1) is 15.8. The lowest BCUT2D eigenvalue weighted by Gasteiger charge is -2.14. The Labute approximate surface area is 130 Å². The van der Waals surface area contributed by atoms with E-state index < -0.39 is 0 Å². The third kappa shape index (κ3) is 3.73. The second kappa shape index (κ2) is 6.89. The number of hydrogen-bond donors (Lipinski definition) is 2. The quantitative estimate of drug-likeness (QED) is 0.821. The van der Waals surface area contributed by atoms with Crippen LogP contribution in [0.25, 0.3) is 0 Å². The highest BCUT2D eigenvalue weighted by atomic mass is 16.2. The molecule has 2 aromatic carbocycles. The maximum atomic E-state index is 12.2. The van der Waals surface area contributed by atoms with Crippen LogP contribution in [0, 0.1) is 6.92 Å². The van der Waals surface area contributed by atoms with Crippen LogP contribution in [0.1, 0.15) is 35.3 Å². The molecule has 4 nitrogen and oxygen atoms in total. The number of amides is 2. The van der Waals surface area contributed by atoms with Gasteiger partial charge in [-0.25, -0.2) is 4.79 Å². The molecule has 2 N–H and O–H groups in total. The van der Waals surface area contributed by atoms with Gasteiger partial charge in [0.05, 0.1) is 0 Å². The Morgan fingerprint density at radius 1 is 1.05 bits per heavy atom. The van der Waals surface area contributed by atoms with Gasteiger partial charge in [-0.15, -0.1) is 0 Å². The average Bonchev–Trinajstić information content (AvgIpc) is 2.49. The van der Waals surface area contributed by atoms with Gasteiger partial charge in [0.25, 0.3) is 0 Å². The van der Waals surface area contributed by atoms with Crippen molar-refractivity contribution in [2.45, 2.75) is 27.2 Å². The van der Waals surface area contributed by atoms with Crippen LogP contribution in [-0.4, -0.2) is 11.8 Å². The molecule has 0 aliphatic heterocycles. The van der Waals surface area contributed by atoms with Crippen molar-refractivity contribution in [3.05, 3.63) is 59.2 Å². The monoisotopic (exact) mass is 296 g/mol. The van der Waals surface area contributed by atoms with Crippen molar-refractivity contribution >= 4 is 23.2 Å². The molecule has 2 aromatic rings. The zero-order valence-corrected chi connectivity index (χ0v) is 13.1. The van der Waals surface area contributed by atoms with E-state index in [4.69, 9.17) is 0 Å². The number of benzene rings is 2. The average molecular weight is 296 g/mol. The second-order valence-corrected chi connectivity index (χ2v) is 5.18. The molecular weight excluding hydrogens is 276 g/mol. The molecule has 4 heteroatoms. The van der Waals surface area contributed by atoms with Crippen LogP contribution in [0.3, 0.4) is 0 Å². The van der Waals surface area contributed by atoms with E-state index in [0.29, 0.717) is 11.3 Å². The van der Waals surface area contributed by atoms with Crippen molar-refractivity contribution in [2.24, 2.45) is 0 Å². The molecule has 0 radical (unpaired) electrons. The van der Waals surface area contributed by atoms with Crippen molar-refractivity contribution in [3.8, 4) is 0 Å². The molecule has 2 rings (SSSR count). The number of aryl methyl sites for hydroxylation is 2. The molecule has 0 aliphatic carbocycles. The van der Waals surface area contributed by atoms with Crippen LogP contribution in [0.4, 0.5) is 16.2 Å². The smallest absolute Gasteiger partial charge is 0.308 e. The summed E-state index contributed by atoms with van der Waals surface area (Å²) in [6.45, 7) is 5.51. The predicted molar refractivity (Wildman–Crippen MR) is 89.6 cm³/mol. The van der Waals surface area contributed by atoms with Crippen LogP contribution in [-0.2, 0) is 6.42 Å². The van der Waals surface area contributed by atoms with Gasteiger partial charge in [0.2, 0.25) is 0 Å². The highest BCUT2D eigenvalue weighted by Gasteiger charge is 2.09. The van der Waals surface area contributed by atoms with Crippen molar-refractivity contribution in [1.82, 2.24) is 0 Å². The number of Topliss-reactive ketones (excluding diaryl/α,β-unsaturated/α-hetero) is 1. The number of rotatable bonds is 4. The number of carbonyl (C=O) groups is 2. The molecule has 0 aliphatic rings. The molecular formula is C18H20N2O2. The summed E-state index contributed by atoms with van der Waals surface area (Å²) < 4.78 is 0. The van der Waals surface area contributed by atoms with Crippen molar-refractivity contribution in [3.63, 3.8) is 0 Å². The summed E-state index contributed by atoms with van der Waals surface area (Å²) in [7, 11) is 0. The molecule has 0 saturated carbocycles. The maximum absolute atomic E-state index is 12.2. The first-order valence-electron chi connectivity index (χ1n) is 7.28. The summed E-state index contributed by atoms with van der Waals surface area (Å²) in [6.07, 6.45) is 0.844. The van der Waals surface area contributed by atoms with Gasteiger partial charge in [0, 0.05) is 16.9 Å². The molecule has 0 fully saturated rings. The topological polar surface area (TPSA) is 58.2 Å². The lowest BCUT2D eigenvalue weighted by atomic mass is 10.1. The Bertz CT molecular complexity index is 708. The fourth-order valence-corrected chi connectivity index (χ4v) is 2.29. The number of para-hydroxylation sites is 1. The standard InChI is InChI=1S/C18H20N2O2/c1-4-14-8-5-7-12(2)17(14)20-18(22)19-16-10-6-9-15(11-16)13(3)21/h5-11H,4H2,1-3H3,(H2,19,20,22). The van der Waals surface area contributed by atoms with Gasteiger partial charge in [-0.05, 0) is 43.5 Å². The molecule has 0 bridgehead atoms. The molecule has 0 unspecified atom stereocenters. The SMILES string of the molecule is CCc1cccc(C)c1NC(=O)Nc1cccc(C(C)=O)c1. The minimum absolute atomic E-state index is 0.0313. The third-order valence-corrected chi connectivity index (χ3v) is 3.51. The van der Waals surface area contributed by atoms with E-state index in [1.54, 1.807) is 24.3 Å². The lowest BCUT2D eigenvalue weighted by molar-refractivity contribution is 0.101. The van der Waals surface area contributed by atoms with Gasteiger partial charge in [-0.3, -0.25) is 4.79 Å². The summed E-state index contributed by atoms with van der Waals surface area (Å²) in [5, 5.41) is 5.65. The van der Waals surface area contributed by atoms with Gasteiger partial charge in [0.15, 0.2) is 5.78 Å². The molecule has 2 amide bonds. The van der Waals surface area contributed by atoms with E-state index in [0.717, 1.165) is 23.2 Å². The Morgan fingerprint density at radius 2 is 1.77 bits per heavy atom. The lowest BCUT2D eigenvalue weighted by Crippen LogP contribution is -2.21. The summed E-state index contributed by atoms with van der Waals surface area (Å²) in [5.74, 6) is -0.0313. The van der Waals surface area contributed by atoms with Gasteiger partial charge in [0.1, 0.15) is 0 Å². The highest BCUT2D eigenvalue weighted by molar-refractivity contribution is 6.02. The fraction of sp³-hybridized carbons (Fsp3) is 0.222. The van der Waals surface area contributed by atoms with E-state index in [1.165, 1.54) is 6.92 Å². The van der Waals surface area contributed by atoms with Crippen molar-refractivity contribution in [1.29, 1.82) is 0 Å². The van der Waals surface area contributed by atoms with Crippen molar-refractivity contribution < 1.29 is 9.59 Å². The number of hydrogen-bond acceptors (Lipinski definition) is 2. The molecule has 0 heterocycles. The minimum Gasteiger partial charge on any atom is -0.308 e. The first-order valence-corrected chi connectivity index (χ1v) is 7.28. The summed E-state index contributed by atoms with van der Waals surface area (Å²) in [4.78, 5) is 23.6. The van der Waals surface area contributed by atoms with Crippen molar-refractivity contribution in [2.75, 3.05) is 10.6 Å². The highest BCUT2D eigenvalue weighted by Crippen LogP contribution is 2.21. The maximum Gasteiger partial charge on any atom is 0.323 e. The fourth-order valence-electron chi connectivity index (χ4n) is 2.29. The predicted octanol–water partition coefficient (Wildman–Crippen LogP) is 4.40. The van der Waals surface area contributed by atoms with E-state index in [-0.39, 0.29) is 11.8 Å². The first-order chi connectivity index (χ1) is 10.5. The Balaban J connectivity index is 2.14. The van der Waals surface area contributed by atoms with E-state index in [1.807, 2.05) is 32.0 Å². The largest absolute Gasteiger partial charge is 0.323 e. The third-order valence-electron chi connectivity index (χ3n) is 3.51. The number of carbonyl (C=O) groups excluding carboxylic acids is 2. The molecule has 22 heavy (non-hydrogen) atoms.